The molecule has 1 fully saturated rings. The van der Waals surface area contributed by atoms with E-state index in [9.17, 15) is 5.11 Å². The van der Waals surface area contributed by atoms with E-state index in [1.165, 1.54) is 0 Å². The van der Waals surface area contributed by atoms with Crippen molar-refractivity contribution in [3.63, 3.8) is 0 Å². The fourth-order valence-corrected chi connectivity index (χ4v) is 3.28. The second kappa shape index (κ2) is 5.22. The van der Waals surface area contributed by atoms with E-state index < -0.39 is 5.60 Å². The first kappa shape index (κ1) is 13.9. The van der Waals surface area contributed by atoms with Crippen molar-refractivity contribution in [2.45, 2.75) is 65.0 Å². The molecule has 1 saturated carbocycles. The Morgan fingerprint density at radius 3 is 2.78 bits per heavy atom. The number of halogens is 1. The highest BCUT2D eigenvalue weighted by atomic mass is 35.5. The van der Waals surface area contributed by atoms with Crippen molar-refractivity contribution in [2.75, 3.05) is 0 Å². The minimum Gasteiger partial charge on any atom is -0.389 e. The maximum atomic E-state index is 10.7. The molecule has 2 rings (SSSR count). The standard InChI is InChI=1S/C14H23ClN2O/c1-4-11-6-7-14(18,8-11)9-12-13(15)10(3)16-17(12)5-2/h11,18H,4-9H2,1-3H3. The first-order chi connectivity index (χ1) is 8.49. The molecule has 2 unspecified atom stereocenters. The SMILES string of the molecule is CCC1CCC(O)(Cc2c(Cl)c(C)nn2CC)C1. The van der Waals surface area contributed by atoms with Crippen LogP contribution < -0.4 is 0 Å². The molecule has 0 saturated heterocycles. The van der Waals surface area contributed by atoms with E-state index in [1.54, 1.807) is 0 Å². The van der Waals surface area contributed by atoms with E-state index in [4.69, 9.17) is 11.6 Å². The molecule has 0 aliphatic heterocycles. The summed E-state index contributed by atoms with van der Waals surface area (Å²) in [6.45, 7) is 6.98. The number of hydrogen-bond acceptors (Lipinski definition) is 2. The zero-order valence-electron chi connectivity index (χ0n) is 11.5. The minimum absolute atomic E-state index is 0.580. The quantitative estimate of drug-likeness (QED) is 0.911. The Morgan fingerprint density at radius 1 is 1.50 bits per heavy atom. The summed E-state index contributed by atoms with van der Waals surface area (Å²) in [6, 6.07) is 0. The van der Waals surface area contributed by atoms with Gasteiger partial charge in [-0.25, -0.2) is 0 Å². The summed E-state index contributed by atoms with van der Waals surface area (Å²) in [5.41, 5.74) is 1.28. The molecule has 1 aliphatic rings. The fraction of sp³-hybridized carbons (Fsp3) is 0.786. The van der Waals surface area contributed by atoms with E-state index in [1.807, 2.05) is 11.6 Å². The first-order valence-corrected chi connectivity index (χ1v) is 7.31. The third-order valence-electron chi connectivity index (χ3n) is 4.21. The zero-order valence-corrected chi connectivity index (χ0v) is 12.3. The lowest BCUT2D eigenvalue weighted by atomic mass is 9.93. The van der Waals surface area contributed by atoms with E-state index in [0.29, 0.717) is 12.3 Å². The van der Waals surface area contributed by atoms with Crippen LogP contribution in [0, 0.1) is 12.8 Å². The highest BCUT2D eigenvalue weighted by Gasteiger charge is 2.38. The van der Waals surface area contributed by atoms with Gasteiger partial charge in [-0.3, -0.25) is 4.68 Å². The van der Waals surface area contributed by atoms with Crippen LogP contribution >= 0.6 is 11.6 Å². The Kier molecular flexibility index (Phi) is 4.02. The maximum absolute atomic E-state index is 10.7. The Labute approximate surface area is 114 Å². The average Bonchev–Trinajstić information content (AvgIpc) is 2.85. The number of aliphatic hydroxyl groups is 1. The number of hydrogen-bond donors (Lipinski definition) is 1. The summed E-state index contributed by atoms with van der Waals surface area (Å²) >= 11 is 6.31. The lowest BCUT2D eigenvalue weighted by molar-refractivity contribution is 0.0416. The van der Waals surface area contributed by atoms with E-state index in [0.717, 1.165) is 48.6 Å². The van der Waals surface area contributed by atoms with E-state index >= 15 is 0 Å². The van der Waals surface area contributed by atoms with Crippen LogP contribution in [0.4, 0.5) is 0 Å². The van der Waals surface area contributed by atoms with Gasteiger partial charge in [-0.1, -0.05) is 24.9 Å². The van der Waals surface area contributed by atoms with Gasteiger partial charge in [0.15, 0.2) is 0 Å². The monoisotopic (exact) mass is 270 g/mol. The lowest BCUT2D eigenvalue weighted by Crippen LogP contribution is -2.29. The molecular formula is C14H23ClN2O. The van der Waals surface area contributed by atoms with Crippen molar-refractivity contribution in [2.24, 2.45) is 5.92 Å². The molecule has 0 bridgehead atoms. The number of aryl methyl sites for hydroxylation is 2. The van der Waals surface area contributed by atoms with Crippen LogP contribution in [0.1, 0.15) is 50.9 Å². The van der Waals surface area contributed by atoms with Gasteiger partial charge in [-0.15, -0.1) is 0 Å². The molecule has 1 aromatic heterocycles. The van der Waals surface area contributed by atoms with Crippen molar-refractivity contribution < 1.29 is 5.11 Å². The van der Waals surface area contributed by atoms with Crippen molar-refractivity contribution >= 4 is 11.6 Å². The number of aromatic nitrogens is 2. The average molecular weight is 271 g/mol. The second-order valence-corrected chi connectivity index (χ2v) is 5.96. The molecule has 4 heteroatoms. The summed E-state index contributed by atoms with van der Waals surface area (Å²) in [7, 11) is 0. The molecular weight excluding hydrogens is 248 g/mol. The van der Waals surface area contributed by atoms with E-state index in [2.05, 4.69) is 18.9 Å². The molecule has 18 heavy (non-hydrogen) atoms. The molecule has 3 nitrogen and oxygen atoms in total. The fourth-order valence-electron chi connectivity index (χ4n) is 3.07. The zero-order chi connectivity index (χ0) is 13.3. The van der Waals surface area contributed by atoms with Crippen LogP contribution in [-0.4, -0.2) is 20.5 Å². The molecule has 1 aliphatic carbocycles. The minimum atomic E-state index is -0.580. The topological polar surface area (TPSA) is 38.1 Å². The number of rotatable bonds is 4. The van der Waals surface area contributed by atoms with Crippen LogP contribution in [0.25, 0.3) is 0 Å². The van der Waals surface area contributed by atoms with Crippen LogP contribution in [0.5, 0.6) is 0 Å². The molecule has 0 aromatic carbocycles. The Balaban J connectivity index is 2.19. The van der Waals surface area contributed by atoms with Gasteiger partial charge in [0.05, 0.1) is 22.0 Å². The van der Waals surface area contributed by atoms with Crippen molar-refractivity contribution in [3.8, 4) is 0 Å². The van der Waals surface area contributed by atoms with Gasteiger partial charge >= 0.3 is 0 Å². The molecule has 0 amide bonds. The third kappa shape index (κ3) is 2.57. The highest BCUT2D eigenvalue weighted by molar-refractivity contribution is 6.31. The Morgan fingerprint density at radius 2 is 2.22 bits per heavy atom. The smallest absolute Gasteiger partial charge is 0.0848 e. The van der Waals surface area contributed by atoms with Gasteiger partial charge in [-0.2, -0.15) is 5.10 Å². The molecule has 0 spiro atoms. The van der Waals surface area contributed by atoms with Gasteiger partial charge in [0, 0.05) is 13.0 Å². The summed E-state index contributed by atoms with van der Waals surface area (Å²) in [4.78, 5) is 0. The van der Waals surface area contributed by atoms with Gasteiger partial charge < -0.3 is 5.11 Å². The van der Waals surface area contributed by atoms with Gasteiger partial charge in [-0.05, 0) is 39.0 Å². The number of nitrogens with zero attached hydrogens (tertiary/aromatic N) is 2. The van der Waals surface area contributed by atoms with Crippen LogP contribution in [0.15, 0.2) is 0 Å². The summed E-state index contributed by atoms with van der Waals surface area (Å²) in [5, 5.41) is 15.8. The summed E-state index contributed by atoms with van der Waals surface area (Å²) in [6.07, 6.45) is 4.70. The Bertz CT molecular complexity index is 430. The lowest BCUT2D eigenvalue weighted by Gasteiger charge is -2.23. The van der Waals surface area contributed by atoms with Gasteiger partial charge in [0.1, 0.15) is 0 Å². The molecule has 0 radical (unpaired) electrons. The maximum Gasteiger partial charge on any atom is 0.0848 e. The van der Waals surface area contributed by atoms with Crippen LogP contribution in [0.3, 0.4) is 0 Å². The molecule has 1 heterocycles. The summed E-state index contributed by atoms with van der Waals surface area (Å²) < 4.78 is 1.93. The predicted molar refractivity (Wildman–Crippen MR) is 73.9 cm³/mol. The predicted octanol–water partition coefficient (Wildman–Crippen LogP) is 3.35. The largest absolute Gasteiger partial charge is 0.389 e. The second-order valence-electron chi connectivity index (χ2n) is 5.58. The van der Waals surface area contributed by atoms with Crippen molar-refractivity contribution in [1.82, 2.24) is 9.78 Å². The van der Waals surface area contributed by atoms with Crippen LogP contribution in [-0.2, 0) is 13.0 Å². The van der Waals surface area contributed by atoms with E-state index in [-0.39, 0.29) is 0 Å². The van der Waals surface area contributed by atoms with Crippen molar-refractivity contribution in [1.29, 1.82) is 0 Å². The molecule has 1 N–H and O–H groups in total. The highest BCUT2D eigenvalue weighted by Crippen LogP contribution is 2.39. The Hall–Kier alpha value is -0.540. The molecule has 1 aromatic rings. The van der Waals surface area contributed by atoms with Crippen LogP contribution in [0.2, 0.25) is 5.02 Å². The molecule has 2 atom stereocenters. The third-order valence-corrected chi connectivity index (χ3v) is 4.70. The van der Waals surface area contributed by atoms with Crippen molar-refractivity contribution in [3.05, 3.63) is 16.4 Å². The first-order valence-electron chi connectivity index (χ1n) is 6.93. The molecule has 102 valence electrons. The van der Waals surface area contributed by atoms with Gasteiger partial charge in [0.25, 0.3) is 0 Å². The van der Waals surface area contributed by atoms with Gasteiger partial charge in [0.2, 0.25) is 0 Å². The summed E-state index contributed by atoms with van der Waals surface area (Å²) in [5.74, 6) is 0.660. The normalized spacial score (nSPS) is 27.9.